The Morgan fingerprint density at radius 2 is 2.05 bits per heavy atom. The molecule has 0 spiro atoms. The van der Waals surface area contributed by atoms with Gasteiger partial charge < -0.3 is 15.5 Å². The van der Waals surface area contributed by atoms with E-state index in [1.54, 1.807) is 7.05 Å². The van der Waals surface area contributed by atoms with Gasteiger partial charge >= 0.3 is 0 Å². The van der Waals surface area contributed by atoms with E-state index in [2.05, 4.69) is 30.5 Å². The zero-order valence-electron chi connectivity index (χ0n) is 13.2. The van der Waals surface area contributed by atoms with Crippen molar-refractivity contribution in [1.82, 2.24) is 10.6 Å². The summed E-state index contributed by atoms with van der Waals surface area (Å²) < 4.78 is 0. The second-order valence-corrected chi connectivity index (χ2v) is 5.46. The maximum Gasteiger partial charge on any atom is 0.239 e. The third-order valence-electron chi connectivity index (χ3n) is 3.22. The fourth-order valence-electron chi connectivity index (χ4n) is 2.13. The standard InChI is InChI=1S/C16H26ClN3O/c1-4-8-19-11-13-6-7-15(14(17)10-13)20(9-5-2)12-16(21)18-3/h6-7,10,19H,4-5,8-9,11-12H2,1-3H3,(H,18,21). The highest BCUT2D eigenvalue weighted by Crippen LogP contribution is 2.27. The van der Waals surface area contributed by atoms with Crippen molar-refractivity contribution in [1.29, 1.82) is 0 Å². The molecule has 4 nitrogen and oxygen atoms in total. The molecule has 0 saturated heterocycles. The third kappa shape index (κ3) is 5.94. The minimum absolute atomic E-state index is 0.00629. The number of carbonyl (C=O) groups excluding carboxylic acids is 1. The summed E-state index contributed by atoms with van der Waals surface area (Å²) in [6.45, 7) is 7.19. The fourth-order valence-corrected chi connectivity index (χ4v) is 2.46. The van der Waals surface area contributed by atoms with Crippen molar-refractivity contribution in [3.05, 3.63) is 28.8 Å². The molecule has 0 aliphatic rings. The Bertz CT molecular complexity index is 451. The summed E-state index contributed by atoms with van der Waals surface area (Å²) in [5.74, 6) is -0.00629. The van der Waals surface area contributed by atoms with E-state index in [0.717, 1.165) is 43.7 Å². The second kappa shape index (κ2) is 9.64. The molecule has 0 aliphatic carbocycles. The van der Waals surface area contributed by atoms with Gasteiger partial charge in [-0.05, 0) is 37.1 Å². The van der Waals surface area contributed by atoms with E-state index >= 15 is 0 Å². The smallest absolute Gasteiger partial charge is 0.239 e. The number of halogens is 1. The number of rotatable bonds is 9. The molecule has 0 aromatic heterocycles. The summed E-state index contributed by atoms with van der Waals surface area (Å²) in [4.78, 5) is 13.6. The first-order valence-corrected chi connectivity index (χ1v) is 7.94. The number of hydrogen-bond acceptors (Lipinski definition) is 3. The molecule has 21 heavy (non-hydrogen) atoms. The van der Waals surface area contributed by atoms with Gasteiger partial charge in [0.25, 0.3) is 0 Å². The van der Waals surface area contributed by atoms with Crippen LogP contribution in [0, 0.1) is 0 Å². The van der Waals surface area contributed by atoms with Crippen LogP contribution in [0.2, 0.25) is 5.02 Å². The molecule has 2 N–H and O–H groups in total. The fraction of sp³-hybridized carbons (Fsp3) is 0.562. The van der Waals surface area contributed by atoms with Gasteiger partial charge in [0.1, 0.15) is 0 Å². The van der Waals surface area contributed by atoms with Gasteiger partial charge in [-0.15, -0.1) is 0 Å². The maximum absolute atomic E-state index is 11.6. The van der Waals surface area contributed by atoms with E-state index in [4.69, 9.17) is 11.6 Å². The Balaban J connectivity index is 2.81. The summed E-state index contributed by atoms with van der Waals surface area (Å²) in [7, 11) is 1.65. The monoisotopic (exact) mass is 311 g/mol. The highest BCUT2D eigenvalue weighted by Gasteiger charge is 2.13. The molecule has 0 radical (unpaired) electrons. The van der Waals surface area contributed by atoms with E-state index in [9.17, 15) is 4.79 Å². The number of amides is 1. The van der Waals surface area contributed by atoms with Crippen LogP contribution in [0.4, 0.5) is 5.69 Å². The summed E-state index contributed by atoms with van der Waals surface area (Å²) in [5.41, 5.74) is 2.08. The Morgan fingerprint density at radius 1 is 1.29 bits per heavy atom. The number of benzene rings is 1. The molecule has 1 aromatic rings. The normalized spacial score (nSPS) is 10.5. The number of anilines is 1. The van der Waals surface area contributed by atoms with Crippen LogP contribution in [0.1, 0.15) is 32.3 Å². The van der Waals surface area contributed by atoms with E-state index in [0.29, 0.717) is 11.6 Å². The lowest BCUT2D eigenvalue weighted by molar-refractivity contribution is -0.119. The zero-order chi connectivity index (χ0) is 15.7. The van der Waals surface area contributed by atoms with Crippen molar-refractivity contribution in [2.24, 2.45) is 0 Å². The largest absolute Gasteiger partial charge is 0.361 e. The van der Waals surface area contributed by atoms with Crippen LogP contribution in [0.5, 0.6) is 0 Å². The lowest BCUT2D eigenvalue weighted by Gasteiger charge is -2.24. The van der Waals surface area contributed by atoms with Crippen molar-refractivity contribution in [3.63, 3.8) is 0 Å². The molecule has 5 heteroatoms. The number of nitrogens with zero attached hydrogens (tertiary/aromatic N) is 1. The molecule has 0 heterocycles. The van der Waals surface area contributed by atoms with E-state index < -0.39 is 0 Å². The van der Waals surface area contributed by atoms with Crippen molar-refractivity contribution in [3.8, 4) is 0 Å². The van der Waals surface area contributed by atoms with Gasteiger partial charge in [-0.3, -0.25) is 4.79 Å². The van der Waals surface area contributed by atoms with Gasteiger partial charge in [0.15, 0.2) is 0 Å². The summed E-state index contributed by atoms with van der Waals surface area (Å²) in [6.07, 6.45) is 2.08. The van der Waals surface area contributed by atoms with Crippen LogP contribution >= 0.6 is 11.6 Å². The van der Waals surface area contributed by atoms with Crippen molar-refractivity contribution < 1.29 is 4.79 Å². The number of likely N-dealkylation sites (N-methyl/N-ethyl adjacent to an activating group) is 1. The van der Waals surface area contributed by atoms with Crippen LogP contribution in [0.3, 0.4) is 0 Å². The number of nitrogens with one attached hydrogen (secondary N) is 2. The number of hydrogen-bond donors (Lipinski definition) is 2. The SMILES string of the molecule is CCCNCc1ccc(N(CCC)CC(=O)NC)c(Cl)c1. The van der Waals surface area contributed by atoms with E-state index in [-0.39, 0.29) is 5.91 Å². The lowest BCUT2D eigenvalue weighted by atomic mass is 10.2. The average Bonchev–Trinajstić information content (AvgIpc) is 2.47. The van der Waals surface area contributed by atoms with Gasteiger partial charge in [0.2, 0.25) is 5.91 Å². The van der Waals surface area contributed by atoms with E-state index in [1.807, 2.05) is 17.0 Å². The van der Waals surface area contributed by atoms with E-state index in [1.165, 1.54) is 0 Å². The molecular weight excluding hydrogens is 286 g/mol. The highest BCUT2D eigenvalue weighted by atomic mass is 35.5. The third-order valence-corrected chi connectivity index (χ3v) is 3.52. The van der Waals surface area contributed by atoms with Crippen molar-refractivity contribution >= 4 is 23.2 Å². The average molecular weight is 312 g/mol. The molecule has 0 unspecified atom stereocenters. The van der Waals surface area contributed by atoms with Crippen LogP contribution in [0.15, 0.2) is 18.2 Å². The summed E-state index contributed by atoms with van der Waals surface area (Å²) >= 11 is 6.40. The Morgan fingerprint density at radius 3 is 2.62 bits per heavy atom. The highest BCUT2D eigenvalue weighted by molar-refractivity contribution is 6.33. The minimum atomic E-state index is -0.00629. The predicted octanol–water partition coefficient (Wildman–Crippen LogP) is 2.80. The number of carbonyl (C=O) groups is 1. The van der Waals surface area contributed by atoms with Crippen LogP contribution < -0.4 is 15.5 Å². The minimum Gasteiger partial charge on any atom is -0.361 e. The molecule has 0 aliphatic heterocycles. The molecule has 1 amide bonds. The Kier molecular flexibility index (Phi) is 8.16. The second-order valence-electron chi connectivity index (χ2n) is 5.06. The first-order valence-electron chi connectivity index (χ1n) is 7.57. The van der Waals surface area contributed by atoms with Gasteiger partial charge in [0, 0.05) is 20.1 Å². The van der Waals surface area contributed by atoms with Gasteiger partial charge in [-0.2, -0.15) is 0 Å². The molecule has 0 atom stereocenters. The molecule has 0 saturated carbocycles. The first-order chi connectivity index (χ1) is 10.1. The van der Waals surface area contributed by atoms with Crippen LogP contribution in [0.25, 0.3) is 0 Å². The van der Waals surface area contributed by atoms with Gasteiger partial charge in [-0.1, -0.05) is 31.5 Å². The van der Waals surface area contributed by atoms with Crippen LogP contribution in [-0.4, -0.2) is 32.6 Å². The predicted molar refractivity (Wildman–Crippen MR) is 90.0 cm³/mol. The topological polar surface area (TPSA) is 44.4 Å². The molecule has 0 fully saturated rings. The summed E-state index contributed by atoms with van der Waals surface area (Å²) in [6, 6.07) is 6.05. The molecule has 0 bridgehead atoms. The lowest BCUT2D eigenvalue weighted by Crippen LogP contribution is -2.36. The van der Waals surface area contributed by atoms with Gasteiger partial charge in [0.05, 0.1) is 17.3 Å². The molecular formula is C16H26ClN3O. The Hall–Kier alpha value is -1.26. The molecule has 1 aromatic carbocycles. The molecule has 118 valence electrons. The van der Waals surface area contributed by atoms with Crippen LogP contribution in [-0.2, 0) is 11.3 Å². The molecule has 1 rings (SSSR count). The van der Waals surface area contributed by atoms with Crippen molar-refractivity contribution in [2.75, 3.05) is 31.6 Å². The first kappa shape index (κ1) is 17.8. The Labute approximate surface area is 132 Å². The summed E-state index contributed by atoms with van der Waals surface area (Å²) in [5, 5.41) is 6.71. The van der Waals surface area contributed by atoms with Crippen molar-refractivity contribution in [2.45, 2.75) is 33.2 Å². The maximum atomic E-state index is 11.6. The quantitative estimate of drug-likeness (QED) is 0.689. The zero-order valence-corrected chi connectivity index (χ0v) is 14.0. The van der Waals surface area contributed by atoms with Gasteiger partial charge in [-0.25, -0.2) is 0 Å².